The van der Waals surface area contributed by atoms with E-state index in [1.165, 1.54) is 11.8 Å². The Morgan fingerprint density at radius 2 is 1.77 bits per heavy atom. The molecule has 0 saturated carbocycles. The number of likely N-dealkylation sites (tertiary alicyclic amines) is 1. The number of carbonyl (C=O) groups is 1. The maximum atomic E-state index is 14.4. The Morgan fingerprint density at radius 3 is 2.42 bits per heavy atom. The number of benzene rings is 1. The molecule has 0 spiro atoms. The van der Waals surface area contributed by atoms with Gasteiger partial charge in [-0.1, -0.05) is 13.0 Å². The molecule has 7 nitrogen and oxygen atoms in total. The standard InChI is InChI=1S/C28H34F5N5O2/c1-18-3-4-22(34-26(39)37-6-5-20(16-37)14-28(31,32)33)13-23(18)21-11-24(36-7-9-40-10-8-36)35-25(12-21)38-15-19(2)27(29,30)17-38/h3-4,11-13,19-20H,5-10,14-17H2,1-2H3,(H,34,39)/t19-,20+/m1/s1. The fraction of sp³-hybridized carbons (Fsp3) is 0.571. The Hall–Kier alpha value is -3.15. The molecule has 2 amide bonds. The number of hydrogen-bond donors (Lipinski definition) is 1. The maximum absolute atomic E-state index is 14.4. The second-order valence-corrected chi connectivity index (χ2v) is 11.1. The Morgan fingerprint density at radius 1 is 1.07 bits per heavy atom. The van der Waals surface area contributed by atoms with Gasteiger partial charge in [-0.25, -0.2) is 18.6 Å². The van der Waals surface area contributed by atoms with E-state index in [0.717, 1.165) is 16.7 Å². The van der Waals surface area contributed by atoms with E-state index in [1.54, 1.807) is 23.1 Å². The molecule has 1 aromatic heterocycles. The van der Waals surface area contributed by atoms with Crippen LogP contribution >= 0.6 is 0 Å². The second kappa shape index (κ2) is 11.0. The van der Waals surface area contributed by atoms with Gasteiger partial charge in [-0.05, 0) is 60.2 Å². The van der Waals surface area contributed by atoms with Crippen molar-refractivity contribution >= 4 is 23.4 Å². The van der Waals surface area contributed by atoms with Gasteiger partial charge < -0.3 is 24.8 Å². The number of rotatable bonds is 5. The molecule has 218 valence electrons. The number of anilines is 3. The monoisotopic (exact) mass is 567 g/mol. The van der Waals surface area contributed by atoms with Crippen LogP contribution in [0.2, 0.25) is 0 Å². The van der Waals surface area contributed by atoms with Crippen LogP contribution < -0.4 is 15.1 Å². The van der Waals surface area contributed by atoms with Crippen LogP contribution in [0.1, 0.15) is 25.3 Å². The Balaban J connectivity index is 1.40. The number of aryl methyl sites for hydroxylation is 1. The summed E-state index contributed by atoms with van der Waals surface area (Å²) in [5.41, 5.74) is 2.98. The molecule has 2 aromatic rings. The van der Waals surface area contributed by atoms with Crippen molar-refractivity contribution in [1.29, 1.82) is 0 Å². The van der Waals surface area contributed by atoms with Crippen LogP contribution in [0.4, 0.5) is 44.1 Å². The molecular formula is C28H34F5N5O2. The van der Waals surface area contributed by atoms with Gasteiger partial charge in [0, 0.05) is 50.7 Å². The molecule has 40 heavy (non-hydrogen) atoms. The van der Waals surface area contributed by atoms with Gasteiger partial charge in [-0.3, -0.25) is 0 Å². The number of morpholine rings is 1. The van der Waals surface area contributed by atoms with Crippen molar-refractivity contribution in [1.82, 2.24) is 9.88 Å². The Kier molecular flexibility index (Phi) is 7.82. The lowest BCUT2D eigenvalue weighted by molar-refractivity contribution is -0.143. The lowest BCUT2D eigenvalue weighted by atomic mass is 10.00. The molecule has 0 radical (unpaired) electrons. The number of halogens is 5. The highest BCUT2D eigenvalue weighted by atomic mass is 19.4. The van der Waals surface area contributed by atoms with Gasteiger partial charge in [-0.15, -0.1) is 0 Å². The van der Waals surface area contributed by atoms with Crippen molar-refractivity contribution in [3.05, 3.63) is 35.9 Å². The number of urea groups is 1. The van der Waals surface area contributed by atoms with Crippen molar-refractivity contribution in [3.63, 3.8) is 0 Å². The molecule has 4 heterocycles. The van der Waals surface area contributed by atoms with E-state index in [9.17, 15) is 26.7 Å². The molecule has 3 aliphatic rings. The number of aromatic nitrogens is 1. The quantitative estimate of drug-likeness (QED) is 0.464. The third kappa shape index (κ3) is 6.42. The first-order valence-electron chi connectivity index (χ1n) is 13.6. The smallest absolute Gasteiger partial charge is 0.378 e. The number of nitrogens with one attached hydrogen (secondary N) is 1. The van der Waals surface area contributed by atoms with E-state index in [1.807, 2.05) is 19.1 Å². The summed E-state index contributed by atoms with van der Waals surface area (Å²) < 4.78 is 72.7. The minimum Gasteiger partial charge on any atom is -0.378 e. The molecule has 0 bridgehead atoms. The van der Waals surface area contributed by atoms with Crippen LogP contribution in [-0.2, 0) is 4.74 Å². The highest BCUT2D eigenvalue weighted by Crippen LogP contribution is 2.38. The maximum Gasteiger partial charge on any atom is 0.389 e. The molecule has 2 atom stereocenters. The van der Waals surface area contributed by atoms with Crippen molar-refractivity contribution in [2.45, 2.75) is 38.8 Å². The fourth-order valence-corrected chi connectivity index (χ4v) is 5.61. The predicted octanol–water partition coefficient (Wildman–Crippen LogP) is 5.79. The fourth-order valence-electron chi connectivity index (χ4n) is 5.61. The highest BCUT2D eigenvalue weighted by molar-refractivity contribution is 5.91. The van der Waals surface area contributed by atoms with Crippen molar-refractivity contribution in [2.24, 2.45) is 11.8 Å². The van der Waals surface area contributed by atoms with Crippen LogP contribution in [0.5, 0.6) is 0 Å². The predicted molar refractivity (Wildman–Crippen MR) is 143 cm³/mol. The summed E-state index contributed by atoms with van der Waals surface area (Å²) in [5, 5.41) is 2.82. The molecule has 3 saturated heterocycles. The topological polar surface area (TPSA) is 60.9 Å². The zero-order chi connectivity index (χ0) is 28.7. The van der Waals surface area contributed by atoms with E-state index in [-0.39, 0.29) is 19.6 Å². The zero-order valence-electron chi connectivity index (χ0n) is 22.6. The van der Waals surface area contributed by atoms with E-state index < -0.39 is 42.9 Å². The van der Waals surface area contributed by atoms with Crippen molar-refractivity contribution in [3.8, 4) is 11.1 Å². The van der Waals surface area contributed by atoms with Crippen LogP contribution in [0.25, 0.3) is 11.1 Å². The average molecular weight is 568 g/mol. The minimum atomic E-state index is -4.25. The van der Waals surface area contributed by atoms with Crippen molar-refractivity contribution < 1.29 is 31.5 Å². The summed E-state index contributed by atoms with van der Waals surface area (Å²) in [7, 11) is 0. The second-order valence-electron chi connectivity index (χ2n) is 11.1. The molecule has 0 aliphatic carbocycles. The zero-order valence-corrected chi connectivity index (χ0v) is 22.6. The van der Waals surface area contributed by atoms with E-state index in [4.69, 9.17) is 9.72 Å². The minimum absolute atomic E-state index is 0.0551. The van der Waals surface area contributed by atoms with Crippen LogP contribution in [0.3, 0.4) is 0 Å². The van der Waals surface area contributed by atoms with Crippen molar-refractivity contribution in [2.75, 3.05) is 67.6 Å². The first-order valence-corrected chi connectivity index (χ1v) is 13.6. The van der Waals surface area contributed by atoms with E-state index >= 15 is 0 Å². The molecule has 5 rings (SSSR count). The van der Waals surface area contributed by atoms with Gasteiger partial charge in [0.05, 0.1) is 19.8 Å². The summed E-state index contributed by atoms with van der Waals surface area (Å²) in [6, 6.07) is 8.67. The number of pyridine rings is 1. The summed E-state index contributed by atoms with van der Waals surface area (Å²) in [6.07, 6.45) is -4.84. The molecule has 1 N–H and O–H groups in total. The first kappa shape index (κ1) is 28.4. The Bertz CT molecular complexity index is 1230. The third-order valence-electron chi connectivity index (χ3n) is 7.97. The number of nitrogens with zero attached hydrogens (tertiary/aromatic N) is 4. The average Bonchev–Trinajstić information content (AvgIpc) is 3.47. The highest BCUT2D eigenvalue weighted by Gasteiger charge is 2.46. The van der Waals surface area contributed by atoms with Gasteiger partial charge in [-0.2, -0.15) is 13.2 Å². The first-order chi connectivity index (χ1) is 18.9. The summed E-state index contributed by atoms with van der Waals surface area (Å²) in [6.45, 7) is 5.89. The van der Waals surface area contributed by atoms with Gasteiger partial charge in [0.25, 0.3) is 5.92 Å². The van der Waals surface area contributed by atoms with Crippen LogP contribution in [0, 0.1) is 18.8 Å². The number of carbonyl (C=O) groups excluding carboxylic acids is 1. The largest absolute Gasteiger partial charge is 0.389 e. The molecule has 3 aliphatic heterocycles. The summed E-state index contributed by atoms with van der Waals surface area (Å²) >= 11 is 0. The SMILES string of the molecule is Cc1ccc(NC(=O)N2CC[C@@H](CC(F)(F)F)C2)cc1-c1cc(N2CCOCC2)nc(N2C[C@@H](C)C(F)(F)C2)c1. The number of alkyl halides is 5. The van der Waals surface area contributed by atoms with Gasteiger partial charge >= 0.3 is 12.2 Å². The normalized spacial score (nSPS) is 23.1. The van der Waals surface area contributed by atoms with Crippen LogP contribution in [-0.4, -0.2) is 80.5 Å². The Labute approximate surface area is 230 Å². The van der Waals surface area contributed by atoms with Gasteiger partial charge in [0.2, 0.25) is 0 Å². The van der Waals surface area contributed by atoms with Gasteiger partial charge in [0.1, 0.15) is 11.6 Å². The molecule has 12 heteroatoms. The number of amides is 2. The molecule has 3 fully saturated rings. The molecular weight excluding hydrogens is 533 g/mol. The van der Waals surface area contributed by atoms with E-state index in [2.05, 4.69) is 10.2 Å². The summed E-state index contributed by atoms with van der Waals surface area (Å²) in [5.74, 6) is -3.09. The van der Waals surface area contributed by atoms with Gasteiger partial charge in [0.15, 0.2) is 0 Å². The van der Waals surface area contributed by atoms with E-state index in [0.29, 0.717) is 50.0 Å². The molecule has 1 aromatic carbocycles. The number of ether oxygens (including phenoxy) is 1. The van der Waals surface area contributed by atoms with Crippen LogP contribution in [0.15, 0.2) is 30.3 Å². The molecule has 0 unspecified atom stereocenters. The summed E-state index contributed by atoms with van der Waals surface area (Å²) in [4.78, 5) is 22.7. The lowest BCUT2D eigenvalue weighted by Gasteiger charge is -2.29. The number of hydrogen-bond acceptors (Lipinski definition) is 5. The lowest BCUT2D eigenvalue weighted by Crippen LogP contribution is -2.37. The third-order valence-corrected chi connectivity index (χ3v) is 7.97.